The second-order valence-electron chi connectivity index (χ2n) is 7.26. The quantitative estimate of drug-likeness (QED) is 0.370. The van der Waals surface area contributed by atoms with Gasteiger partial charge in [0.05, 0.1) is 33.1 Å². The van der Waals surface area contributed by atoms with Gasteiger partial charge in [-0.1, -0.05) is 24.3 Å². The van der Waals surface area contributed by atoms with Gasteiger partial charge in [0.25, 0.3) is 0 Å². The predicted octanol–water partition coefficient (Wildman–Crippen LogP) is 4.95. The lowest BCUT2D eigenvalue weighted by molar-refractivity contribution is 1.22. The largest absolute Gasteiger partial charge is 0.287 e. The average molecular weight is 386 g/mol. The van der Waals surface area contributed by atoms with Crippen LogP contribution in [0.4, 0.5) is 0 Å². The molecule has 0 N–H and O–H groups in total. The fourth-order valence-corrected chi connectivity index (χ4v) is 4.36. The molecule has 6 heteroatoms. The molecule has 0 spiro atoms. The maximum Gasteiger partial charge on any atom is 0.182 e. The van der Waals surface area contributed by atoms with Crippen molar-refractivity contribution in [2.45, 2.75) is 0 Å². The van der Waals surface area contributed by atoms with Crippen molar-refractivity contribution >= 4 is 55.4 Å². The van der Waals surface area contributed by atoms with Gasteiger partial charge in [-0.2, -0.15) is 0 Å². The zero-order valence-electron chi connectivity index (χ0n) is 15.8. The minimum atomic E-state index is 0.788. The first-order chi connectivity index (χ1) is 14.9. The number of pyridine rings is 2. The van der Waals surface area contributed by atoms with Crippen LogP contribution in [0.1, 0.15) is 0 Å². The topological polar surface area (TPSA) is 60.4 Å². The Bertz CT molecular complexity index is 1680. The highest BCUT2D eigenvalue weighted by atomic mass is 15.1. The molecule has 5 heterocycles. The van der Waals surface area contributed by atoms with E-state index in [1.165, 1.54) is 0 Å². The van der Waals surface area contributed by atoms with Gasteiger partial charge in [-0.25, -0.2) is 9.97 Å². The third-order valence-corrected chi connectivity index (χ3v) is 5.60. The van der Waals surface area contributed by atoms with E-state index in [0.29, 0.717) is 0 Å². The molecular formula is C24H14N6. The Morgan fingerprint density at radius 1 is 0.467 bits per heavy atom. The van der Waals surface area contributed by atoms with Crippen LogP contribution >= 0.6 is 0 Å². The summed E-state index contributed by atoms with van der Waals surface area (Å²) in [5.74, 6) is 0. The lowest BCUT2D eigenvalue weighted by atomic mass is 10.2. The maximum atomic E-state index is 4.99. The lowest BCUT2D eigenvalue weighted by Gasteiger charge is -2.06. The molecular weight excluding hydrogens is 372 g/mol. The average Bonchev–Trinajstić information content (AvgIpc) is 3.36. The third-order valence-electron chi connectivity index (χ3n) is 5.60. The molecule has 0 fully saturated rings. The number of imidazole rings is 2. The molecule has 2 aromatic carbocycles. The van der Waals surface area contributed by atoms with E-state index in [9.17, 15) is 0 Å². The van der Waals surface area contributed by atoms with Gasteiger partial charge in [0.2, 0.25) is 0 Å². The van der Waals surface area contributed by atoms with Gasteiger partial charge in [-0.15, -0.1) is 0 Å². The van der Waals surface area contributed by atoms with Crippen molar-refractivity contribution in [3.63, 3.8) is 0 Å². The Labute approximate surface area is 169 Å². The Morgan fingerprint density at radius 2 is 0.900 bits per heavy atom. The Hall–Kier alpha value is -4.32. The summed E-state index contributed by atoms with van der Waals surface area (Å²) in [5.41, 5.74) is 8.97. The van der Waals surface area contributed by atoms with E-state index in [2.05, 4.69) is 33.1 Å². The van der Waals surface area contributed by atoms with E-state index in [-0.39, 0.29) is 0 Å². The number of rotatable bonds is 0. The van der Waals surface area contributed by atoms with E-state index >= 15 is 0 Å². The van der Waals surface area contributed by atoms with Gasteiger partial charge in [0.15, 0.2) is 11.3 Å². The van der Waals surface area contributed by atoms with Gasteiger partial charge in [0.1, 0.15) is 11.0 Å². The van der Waals surface area contributed by atoms with Crippen molar-refractivity contribution in [1.29, 1.82) is 0 Å². The normalized spacial score (nSPS) is 12.0. The smallest absolute Gasteiger partial charge is 0.182 e. The first-order valence-electron chi connectivity index (χ1n) is 9.77. The summed E-state index contributed by atoms with van der Waals surface area (Å²) in [6.07, 6.45) is 3.62. The van der Waals surface area contributed by atoms with Gasteiger partial charge in [0, 0.05) is 12.4 Å². The fourth-order valence-electron chi connectivity index (χ4n) is 4.36. The van der Waals surface area contributed by atoms with Crippen LogP contribution in [0, 0.1) is 0 Å². The molecule has 30 heavy (non-hydrogen) atoms. The van der Waals surface area contributed by atoms with Crippen molar-refractivity contribution < 1.29 is 0 Å². The predicted molar refractivity (Wildman–Crippen MR) is 118 cm³/mol. The SMILES string of the molecule is c1ccc2c(c1)nc1c3nc4ccccc4n3c3cccnc3c3ncccc3n21. The summed E-state index contributed by atoms with van der Waals surface area (Å²) in [4.78, 5) is 19.5. The molecule has 0 atom stereocenters. The first-order valence-corrected chi connectivity index (χ1v) is 9.77. The maximum absolute atomic E-state index is 4.99. The second-order valence-corrected chi connectivity index (χ2v) is 7.26. The number of para-hydroxylation sites is 4. The van der Waals surface area contributed by atoms with Crippen LogP contribution in [0.15, 0.2) is 85.2 Å². The summed E-state index contributed by atoms with van der Waals surface area (Å²) < 4.78 is 4.29. The summed E-state index contributed by atoms with van der Waals surface area (Å²) >= 11 is 0. The molecule has 7 aromatic rings. The monoisotopic (exact) mass is 386 g/mol. The lowest BCUT2D eigenvalue weighted by Crippen LogP contribution is -1.96. The number of hydrogen-bond acceptors (Lipinski definition) is 4. The van der Waals surface area contributed by atoms with E-state index in [4.69, 9.17) is 19.9 Å². The highest BCUT2D eigenvalue weighted by Crippen LogP contribution is 2.29. The zero-order chi connectivity index (χ0) is 19.7. The Morgan fingerprint density at radius 3 is 1.40 bits per heavy atom. The molecule has 0 unspecified atom stereocenters. The van der Waals surface area contributed by atoms with Gasteiger partial charge in [-0.3, -0.25) is 18.8 Å². The molecule has 5 aromatic heterocycles. The van der Waals surface area contributed by atoms with E-state index in [1.54, 1.807) is 0 Å². The van der Waals surface area contributed by atoms with Crippen LogP contribution in [0.5, 0.6) is 0 Å². The van der Waals surface area contributed by atoms with Crippen molar-refractivity contribution in [1.82, 2.24) is 28.7 Å². The molecule has 0 aliphatic carbocycles. The minimum absolute atomic E-state index is 0.788. The number of benzene rings is 2. The van der Waals surface area contributed by atoms with Crippen LogP contribution in [-0.4, -0.2) is 28.7 Å². The summed E-state index contributed by atoms with van der Waals surface area (Å²) in [7, 11) is 0. The molecule has 0 aliphatic rings. The van der Waals surface area contributed by atoms with E-state index in [0.717, 1.165) is 55.4 Å². The van der Waals surface area contributed by atoms with Crippen LogP contribution < -0.4 is 0 Å². The molecule has 0 bridgehead atoms. The summed E-state index contributed by atoms with van der Waals surface area (Å²) in [6, 6.07) is 24.3. The number of nitrogens with zero attached hydrogens (tertiary/aromatic N) is 6. The standard InChI is InChI=1S/C24H14N6/c1-3-9-17-15(7-1)27-23-24-28-16-8-2-4-10-18(16)30(24)20-12-6-14-26-22(20)21-19(29(17)23)11-5-13-25-21/h1-14H. The molecule has 0 radical (unpaired) electrons. The molecule has 140 valence electrons. The van der Waals surface area contributed by atoms with Crippen LogP contribution in [-0.2, 0) is 0 Å². The van der Waals surface area contributed by atoms with Crippen LogP contribution in [0.2, 0.25) is 0 Å². The summed E-state index contributed by atoms with van der Waals surface area (Å²) in [6.45, 7) is 0. The molecule has 6 nitrogen and oxygen atoms in total. The molecule has 0 saturated carbocycles. The van der Waals surface area contributed by atoms with Gasteiger partial charge < -0.3 is 0 Å². The molecule has 0 aliphatic heterocycles. The number of hydrogen-bond donors (Lipinski definition) is 0. The molecule has 7 rings (SSSR count). The van der Waals surface area contributed by atoms with Crippen molar-refractivity contribution in [2.24, 2.45) is 0 Å². The first kappa shape index (κ1) is 15.6. The molecule has 0 saturated heterocycles. The number of fused-ring (bicyclic) bond motifs is 12. The van der Waals surface area contributed by atoms with E-state index in [1.807, 2.05) is 60.9 Å². The fraction of sp³-hybridized carbons (Fsp3) is 0. The second kappa shape index (κ2) is 5.61. The van der Waals surface area contributed by atoms with Gasteiger partial charge >= 0.3 is 0 Å². The number of aromatic nitrogens is 6. The van der Waals surface area contributed by atoms with Gasteiger partial charge in [-0.05, 0) is 48.5 Å². The van der Waals surface area contributed by atoms with Crippen molar-refractivity contribution in [2.75, 3.05) is 0 Å². The van der Waals surface area contributed by atoms with E-state index < -0.39 is 0 Å². The highest BCUT2D eigenvalue weighted by molar-refractivity contribution is 6.04. The van der Waals surface area contributed by atoms with Crippen LogP contribution in [0.25, 0.3) is 55.4 Å². The third kappa shape index (κ3) is 1.92. The highest BCUT2D eigenvalue weighted by Gasteiger charge is 2.16. The van der Waals surface area contributed by atoms with Crippen LogP contribution in [0.3, 0.4) is 0 Å². The molecule has 0 amide bonds. The Kier molecular flexibility index (Phi) is 2.91. The van der Waals surface area contributed by atoms with Crippen molar-refractivity contribution in [3.8, 4) is 0 Å². The minimum Gasteiger partial charge on any atom is -0.287 e. The zero-order valence-corrected chi connectivity index (χ0v) is 15.8. The summed E-state index contributed by atoms with van der Waals surface area (Å²) in [5, 5.41) is 0. The van der Waals surface area contributed by atoms with Crippen molar-refractivity contribution in [3.05, 3.63) is 85.2 Å². The Balaban J connectivity index is 1.99.